The van der Waals surface area contributed by atoms with Crippen LogP contribution in [0.15, 0.2) is 78.9 Å². The van der Waals surface area contributed by atoms with E-state index >= 15 is 0 Å². The molecule has 1 aliphatic heterocycles. The average molecular weight is 444 g/mol. The third kappa shape index (κ3) is 3.55. The first-order valence-corrected chi connectivity index (χ1v) is 11.0. The molecular weight excluding hydrogens is 422 g/mol. The molecule has 5 nitrogen and oxygen atoms in total. The van der Waals surface area contributed by atoms with Crippen LogP contribution in [0, 0.1) is 0 Å². The van der Waals surface area contributed by atoms with Crippen molar-refractivity contribution in [2.24, 2.45) is 0 Å². The third-order valence-corrected chi connectivity index (χ3v) is 6.06. The number of hydrogen-bond donors (Lipinski definition) is 1. The van der Waals surface area contributed by atoms with E-state index in [1.165, 1.54) is 0 Å². The molecular formula is C26H22ClN3O2. The third-order valence-electron chi connectivity index (χ3n) is 5.69. The largest absolute Gasteiger partial charge is 0.494 e. The number of ether oxygens (including phenoxy) is 1. The fourth-order valence-electron chi connectivity index (χ4n) is 4.27. The molecule has 0 bridgehead atoms. The van der Waals surface area contributed by atoms with Crippen LogP contribution >= 0.6 is 11.6 Å². The minimum absolute atomic E-state index is 0.0959. The summed E-state index contributed by atoms with van der Waals surface area (Å²) in [4.78, 5) is 15.4. The second-order valence-corrected chi connectivity index (χ2v) is 8.07. The van der Waals surface area contributed by atoms with E-state index in [1.54, 1.807) is 0 Å². The summed E-state index contributed by atoms with van der Waals surface area (Å²) in [7, 11) is 0. The van der Waals surface area contributed by atoms with E-state index in [4.69, 9.17) is 16.3 Å². The van der Waals surface area contributed by atoms with Gasteiger partial charge in [0.05, 0.1) is 18.3 Å². The molecule has 0 fully saturated rings. The van der Waals surface area contributed by atoms with E-state index < -0.39 is 0 Å². The molecule has 0 spiro atoms. The van der Waals surface area contributed by atoms with Crippen molar-refractivity contribution in [2.75, 3.05) is 6.61 Å². The highest BCUT2D eigenvalue weighted by molar-refractivity contribution is 6.31. The molecule has 4 aromatic rings. The maximum absolute atomic E-state index is 13.5. The monoisotopic (exact) mass is 443 g/mol. The van der Waals surface area contributed by atoms with E-state index in [-0.39, 0.29) is 11.9 Å². The number of halogens is 1. The molecule has 0 saturated carbocycles. The van der Waals surface area contributed by atoms with Gasteiger partial charge < -0.3 is 9.64 Å². The quantitative estimate of drug-likeness (QED) is 0.405. The van der Waals surface area contributed by atoms with Gasteiger partial charge in [-0.1, -0.05) is 72.3 Å². The molecule has 1 amide bonds. The van der Waals surface area contributed by atoms with Crippen molar-refractivity contribution in [3.05, 3.63) is 106 Å². The van der Waals surface area contributed by atoms with Crippen LogP contribution in [0.3, 0.4) is 0 Å². The Labute approximate surface area is 191 Å². The van der Waals surface area contributed by atoms with Crippen molar-refractivity contribution in [2.45, 2.75) is 19.5 Å². The highest BCUT2D eigenvalue weighted by atomic mass is 35.5. The lowest BCUT2D eigenvalue weighted by Crippen LogP contribution is -2.29. The lowest BCUT2D eigenvalue weighted by molar-refractivity contribution is 0.0730. The van der Waals surface area contributed by atoms with Gasteiger partial charge in [-0.25, -0.2) is 0 Å². The van der Waals surface area contributed by atoms with Crippen LogP contribution < -0.4 is 4.74 Å². The Balaban J connectivity index is 1.65. The summed E-state index contributed by atoms with van der Waals surface area (Å²) in [6, 6.07) is 25.1. The highest BCUT2D eigenvalue weighted by Crippen LogP contribution is 2.44. The highest BCUT2D eigenvalue weighted by Gasteiger charge is 2.42. The topological polar surface area (TPSA) is 58.2 Å². The molecule has 1 aliphatic rings. The minimum Gasteiger partial charge on any atom is -0.494 e. The van der Waals surface area contributed by atoms with Crippen LogP contribution in [0.25, 0.3) is 11.3 Å². The number of benzene rings is 3. The molecule has 0 aliphatic carbocycles. The molecule has 160 valence electrons. The lowest BCUT2D eigenvalue weighted by atomic mass is 9.95. The maximum Gasteiger partial charge on any atom is 0.273 e. The second kappa shape index (κ2) is 8.52. The first kappa shape index (κ1) is 20.3. The molecule has 5 rings (SSSR count). The predicted molar refractivity (Wildman–Crippen MR) is 125 cm³/mol. The van der Waals surface area contributed by atoms with Crippen LogP contribution in [0.1, 0.15) is 40.1 Å². The summed E-state index contributed by atoms with van der Waals surface area (Å²) in [5.41, 5.74) is 5.00. The Morgan fingerprint density at radius 3 is 2.59 bits per heavy atom. The number of carbonyl (C=O) groups is 1. The fourth-order valence-corrected chi connectivity index (χ4v) is 4.47. The first-order chi connectivity index (χ1) is 15.7. The zero-order valence-corrected chi connectivity index (χ0v) is 18.3. The second-order valence-electron chi connectivity index (χ2n) is 7.66. The normalized spacial score (nSPS) is 15.1. The lowest BCUT2D eigenvalue weighted by Gasteiger charge is -2.27. The molecule has 0 saturated heterocycles. The Kier molecular flexibility index (Phi) is 5.41. The average Bonchev–Trinajstić information content (AvgIpc) is 3.36. The predicted octanol–water partition coefficient (Wildman–Crippen LogP) is 5.87. The maximum atomic E-state index is 13.5. The van der Waals surface area contributed by atoms with E-state index in [0.717, 1.165) is 33.7 Å². The molecule has 3 aromatic carbocycles. The van der Waals surface area contributed by atoms with E-state index in [1.807, 2.05) is 90.7 Å². The molecule has 2 heterocycles. The van der Waals surface area contributed by atoms with Gasteiger partial charge in [0.2, 0.25) is 0 Å². The Morgan fingerprint density at radius 1 is 1.03 bits per heavy atom. The van der Waals surface area contributed by atoms with Crippen molar-refractivity contribution in [1.29, 1.82) is 0 Å². The number of aromatic nitrogens is 2. The zero-order chi connectivity index (χ0) is 22.1. The molecule has 1 unspecified atom stereocenters. The molecule has 1 aromatic heterocycles. The van der Waals surface area contributed by atoms with Crippen molar-refractivity contribution in [3.63, 3.8) is 0 Å². The van der Waals surface area contributed by atoms with Crippen molar-refractivity contribution in [1.82, 2.24) is 15.1 Å². The number of aromatic amines is 1. The summed E-state index contributed by atoms with van der Waals surface area (Å²) in [6.45, 7) is 2.92. The molecule has 32 heavy (non-hydrogen) atoms. The van der Waals surface area contributed by atoms with Gasteiger partial charge in [0, 0.05) is 22.7 Å². The number of rotatable bonds is 6. The minimum atomic E-state index is -0.317. The molecule has 1 atom stereocenters. The summed E-state index contributed by atoms with van der Waals surface area (Å²) >= 11 is 6.44. The van der Waals surface area contributed by atoms with Gasteiger partial charge in [-0.3, -0.25) is 9.89 Å². The van der Waals surface area contributed by atoms with Crippen molar-refractivity contribution in [3.8, 4) is 17.0 Å². The number of H-pyrrole nitrogens is 1. The van der Waals surface area contributed by atoms with Crippen LogP contribution in [-0.2, 0) is 6.54 Å². The van der Waals surface area contributed by atoms with Gasteiger partial charge in [0.25, 0.3) is 5.91 Å². The van der Waals surface area contributed by atoms with Crippen molar-refractivity contribution >= 4 is 17.5 Å². The van der Waals surface area contributed by atoms with Gasteiger partial charge in [0.1, 0.15) is 11.4 Å². The van der Waals surface area contributed by atoms with Crippen LogP contribution in [-0.4, -0.2) is 27.6 Å². The van der Waals surface area contributed by atoms with Crippen molar-refractivity contribution < 1.29 is 9.53 Å². The summed E-state index contributed by atoms with van der Waals surface area (Å²) in [6.07, 6.45) is 0. The first-order valence-electron chi connectivity index (χ1n) is 10.6. The number of hydrogen-bond acceptors (Lipinski definition) is 3. The summed E-state index contributed by atoms with van der Waals surface area (Å²) in [5, 5.41) is 8.16. The SMILES string of the molecule is CCOc1cccc(C2c3c(-c4ccccc4)n[nH]c3C(=O)N2Cc2ccccc2Cl)c1. The Bertz CT molecular complexity index is 1270. The van der Waals surface area contributed by atoms with Crippen LogP contribution in [0.2, 0.25) is 5.02 Å². The van der Waals surface area contributed by atoms with Crippen LogP contribution in [0.5, 0.6) is 5.75 Å². The number of nitrogens with zero attached hydrogens (tertiary/aromatic N) is 2. The van der Waals surface area contributed by atoms with Gasteiger partial charge in [-0.15, -0.1) is 0 Å². The number of carbonyl (C=O) groups excluding carboxylic acids is 1. The molecule has 0 radical (unpaired) electrons. The standard InChI is InChI=1S/C26H22ClN3O2/c1-2-32-20-13-8-12-18(15-20)25-22-23(17-9-4-3-5-10-17)28-29-24(22)26(31)30(25)16-19-11-6-7-14-21(19)27/h3-15,25H,2,16H2,1H3,(H,28,29). The van der Waals surface area contributed by atoms with Gasteiger partial charge in [0.15, 0.2) is 0 Å². The van der Waals surface area contributed by atoms with Crippen LogP contribution in [0.4, 0.5) is 0 Å². The van der Waals surface area contributed by atoms with Gasteiger partial charge in [-0.05, 0) is 36.2 Å². The summed E-state index contributed by atoms with van der Waals surface area (Å²) in [5.74, 6) is 0.676. The van der Waals surface area contributed by atoms with Gasteiger partial charge >= 0.3 is 0 Å². The van der Waals surface area contributed by atoms with E-state index in [0.29, 0.717) is 23.9 Å². The molecule has 1 N–H and O–H groups in total. The Morgan fingerprint density at radius 2 is 1.81 bits per heavy atom. The fraction of sp³-hybridized carbons (Fsp3) is 0.154. The van der Waals surface area contributed by atoms with E-state index in [9.17, 15) is 4.79 Å². The number of amides is 1. The molecule has 6 heteroatoms. The zero-order valence-electron chi connectivity index (χ0n) is 17.6. The Hall–Kier alpha value is -3.57. The number of nitrogens with one attached hydrogen (secondary N) is 1. The van der Waals surface area contributed by atoms with E-state index in [2.05, 4.69) is 10.2 Å². The number of fused-ring (bicyclic) bond motifs is 1. The smallest absolute Gasteiger partial charge is 0.273 e. The summed E-state index contributed by atoms with van der Waals surface area (Å²) < 4.78 is 5.74. The van der Waals surface area contributed by atoms with Gasteiger partial charge in [-0.2, -0.15) is 5.10 Å².